The highest BCUT2D eigenvalue weighted by Crippen LogP contribution is 2.39. The van der Waals surface area contributed by atoms with Crippen LogP contribution in [0.15, 0.2) is 12.1 Å². The lowest BCUT2D eigenvalue weighted by molar-refractivity contribution is 0.0738. The highest BCUT2D eigenvalue weighted by Gasteiger charge is 2.43. The lowest BCUT2D eigenvalue weighted by Gasteiger charge is -2.28. The van der Waals surface area contributed by atoms with Crippen molar-refractivity contribution in [2.75, 3.05) is 24.7 Å². The molecule has 2 fully saturated rings. The number of hydrogen-bond acceptors (Lipinski definition) is 5. The number of aromatic nitrogens is 1. The molecule has 0 bridgehead atoms. The molecule has 0 saturated carbocycles. The van der Waals surface area contributed by atoms with Crippen LogP contribution in [-0.4, -0.2) is 42.9 Å². The molecule has 0 aliphatic carbocycles. The zero-order chi connectivity index (χ0) is 14.7. The number of nitrogens with one attached hydrogen (secondary N) is 1. The Labute approximate surface area is 131 Å². The number of fused-ring (bicyclic) bond motifs is 4. The third-order valence-electron chi connectivity index (χ3n) is 4.61. The number of anilines is 1. The number of amides is 2. The molecule has 0 radical (unpaired) electrons. The van der Waals surface area contributed by atoms with Gasteiger partial charge in [0.05, 0.1) is 35.5 Å². The lowest BCUT2D eigenvalue weighted by Crippen LogP contribution is -2.44. The van der Waals surface area contributed by atoms with Gasteiger partial charge in [0, 0.05) is 18.6 Å². The molecule has 2 atom stereocenters. The zero-order valence-corrected chi connectivity index (χ0v) is 12.7. The normalized spacial score (nSPS) is 26.7. The average Bonchev–Trinajstić information content (AvgIpc) is 3.20. The lowest BCUT2D eigenvalue weighted by atomic mass is 10.1. The highest BCUT2D eigenvalue weighted by atomic mass is 32.1. The summed E-state index contributed by atoms with van der Waals surface area (Å²) in [5, 5.41) is 3.81. The Morgan fingerprint density at radius 1 is 1.36 bits per heavy atom. The molecule has 7 heteroatoms. The number of urea groups is 1. The Hall–Kier alpha value is -1.86. The van der Waals surface area contributed by atoms with E-state index in [9.17, 15) is 4.79 Å². The van der Waals surface area contributed by atoms with E-state index in [4.69, 9.17) is 14.5 Å². The minimum Gasteiger partial charge on any atom is -0.493 e. The summed E-state index contributed by atoms with van der Waals surface area (Å²) in [6.07, 6.45) is 1.75. The highest BCUT2D eigenvalue weighted by molar-refractivity contribution is 7.22. The largest absolute Gasteiger partial charge is 0.493 e. The fraction of sp³-hybridized carbons (Fsp3) is 0.467. The number of thiazole rings is 1. The van der Waals surface area contributed by atoms with Gasteiger partial charge in [-0.25, -0.2) is 9.78 Å². The van der Waals surface area contributed by atoms with Crippen LogP contribution in [0.3, 0.4) is 0 Å². The molecule has 2 aromatic rings. The van der Waals surface area contributed by atoms with Crippen LogP contribution in [0.4, 0.5) is 9.93 Å². The van der Waals surface area contributed by atoms with Gasteiger partial charge in [-0.15, -0.1) is 0 Å². The van der Waals surface area contributed by atoms with E-state index in [2.05, 4.69) is 5.32 Å². The fourth-order valence-electron chi connectivity index (χ4n) is 3.51. The second kappa shape index (κ2) is 4.57. The Morgan fingerprint density at radius 2 is 2.32 bits per heavy atom. The Morgan fingerprint density at radius 3 is 3.27 bits per heavy atom. The molecule has 2 amide bonds. The quantitative estimate of drug-likeness (QED) is 0.873. The van der Waals surface area contributed by atoms with Crippen molar-refractivity contribution in [3.05, 3.63) is 17.7 Å². The maximum Gasteiger partial charge on any atom is 0.324 e. The molecule has 0 spiro atoms. The summed E-state index contributed by atoms with van der Waals surface area (Å²) >= 11 is 1.56. The summed E-state index contributed by atoms with van der Waals surface area (Å²) in [7, 11) is 0. The number of hydrogen-bond donors (Lipinski definition) is 1. The molecular formula is C15H15N3O3S. The summed E-state index contributed by atoms with van der Waals surface area (Å²) in [5.41, 5.74) is 2.14. The van der Waals surface area contributed by atoms with E-state index in [-0.39, 0.29) is 18.1 Å². The van der Waals surface area contributed by atoms with Gasteiger partial charge >= 0.3 is 6.03 Å². The molecule has 1 aromatic carbocycles. The minimum atomic E-state index is -0.0625. The number of ether oxygens (including phenoxy) is 2. The molecule has 22 heavy (non-hydrogen) atoms. The first kappa shape index (κ1) is 12.7. The van der Waals surface area contributed by atoms with Crippen molar-refractivity contribution in [2.24, 2.45) is 0 Å². The van der Waals surface area contributed by atoms with Crippen molar-refractivity contribution >= 4 is 32.7 Å². The molecule has 0 unspecified atom stereocenters. The Balaban J connectivity index is 1.60. The van der Waals surface area contributed by atoms with Crippen molar-refractivity contribution in [1.29, 1.82) is 0 Å². The predicted molar refractivity (Wildman–Crippen MR) is 82.8 cm³/mol. The van der Waals surface area contributed by atoms with Crippen LogP contribution < -0.4 is 15.0 Å². The van der Waals surface area contributed by atoms with Gasteiger partial charge in [-0.05, 0) is 18.6 Å². The van der Waals surface area contributed by atoms with Crippen LogP contribution in [0.2, 0.25) is 0 Å². The van der Waals surface area contributed by atoms with Gasteiger partial charge in [0.2, 0.25) is 0 Å². The van der Waals surface area contributed by atoms with Crippen LogP contribution >= 0.6 is 11.3 Å². The zero-order valence-electron chi connectivity index (χ0n) is 11.9. The smallest absolute Gasteiger partial charge is 0.324 e. The first-order valence-electron chi connectivity index (χ1n) is 7.54. The van der Waals surface area contributed by atoms with Gasteiger partial charge in [0.25, 0.3) is 0 Å². The van der Waals surface area contributed by atoms with Crippen molar-refractivity contribution in [1.82, 2.24) is 10.3 Å². The minimum absolute atomic E-state index is 0.0473. The summed E-state index contributed by atoms with van der Waals surface area (Å²) in [5.74, 6) is 0.925. The van der Waals surface area contributed by atoms with Crippen LogP contribution in [-0.2, 0) is 11.2 Å². The predicted octanol–water partition coefficient (Wildman–Crippen LogP) is 1.92. The summed E-state index contributed by atoms with van der Waals surface area (Å²) in [4.78, 5) is 18.9. The molecule has 1 aromatic heterocycles. The first-order chi connectivity index (χ1) is 10.8. The van der Waals surface area contributed by atoms with E-state index in [1.54, 1.807) is 16.2 Å². The van der Waals surface area contributed by atoms with E-state index in [0.717, 1.165) is 39.5 Å². The molecule has 4 heterocycles. The molecule has 3 aliphatic rings. The number of nitrogens with zero attached hydrogens (tertiary/aromatic N) is 2. The van der Waals surface area contributed by atoms with E-state index in [0.29, 0.717) is 19.8 Å². The van der Waals surface area contributed by atoms with E-state index >= 15 is 0 Å². The Bertz CT molecular complexity index is 775. The van der Waals surface area contributed by atoms with Crippen LogP contribution in [0, 0.1) is 0 Å². The number of benzene rings is 1. The number of rotatable bonds is 1. The molecule has 2 saturated heterocycles. The maximum atomic E-state index is 12.4. The molecule has 114 valence electrons. The summed E-state index contributed by atoms with van der Waals surface area (Å²) in [6.45, 7) is 1.99. The topological polar surface area (TPSA) is 63.7 Å². The number of carbonyl (C=O) groups is 1. The average molecular weight is 317 g/mol. The van der Waals surface area contributed by atoms with Crippen molar-refractivity contribution in [2.45, 2.75) is 24.9 Å². The fourth-order valence-corrected chi connectivity index (χ4v) is 4.57. The second-order valence-corrected chi connectivity index (χ2v) is 6.85. The van der Waals surface area contributed by atoms with Crippen LogP contribution in [0.1, 0.15) is 12.0 Å². The number of carbonyl (C=O) groups excluding carboxylic acids is 1. The maximum absolute atomic E-state index is 12.4. The SMILES string of the molecule is O=C1N[C@@H]2CCOC[C@@H]2N1c1nc2c3c(ccc2s1)OCC3. The van der Waals surface area contributed by atoms with Crippen molar-refractivity contribution in [3.8, 4) is 5.75 Å². The van der Waals surface area contributed by atoms with E-state index in [1.807, 2.05) is 12.1 Å². The van der Waals surface area contributed by atoms with Gasteiger partial charge in [0.1, 0.15) is 5.75 Å². The van der Waals surface area contributed by atoms with Gasteiger partial charge in [-0.1, -0.05) is 11.3 Å². The van der Waals surface area contributed by atoms with Crippen LogP contribution in [0.5, 0.6) is 5.75 Å². The van der Waals surface area contributed by atoms with Crippen molar-refractivity contribution in [3.63, 3.8) is 0 Å². The molecule has 3 aliphatic heterocycles. The van der Waals surface area contributed by atoms with E-state index in [1.165, 1.54) is 0 Å². The second-order valence-electron chi connectivity index (χ2n) is 5.84. The van der Waals surface area contributed by atoms with Gasteiger partial charge in [-0.2, -0.15) is 0 Å². The van der Waals surface area contributed by atoms with E-state index < -0.39 is 0 Å². The standard InChI is InChI=1S/C15H15N3O3S/c19-14-16-9-4-5-20-7-10(9)18(14)15-17-13-8-3-6-21-11(8)1-2-12(13)22-15/h1-2,9-10H,3-7H2,(H,16,19)/t9-,10+/m1/s1. The third-order valence-corrected chi connectivity index (χ3v) is 5.63. The monoisotopic (exact) mass is 317 g/mol. The van der Waals surface area contributed by atoms with Gasteiger partial charge in [0.15, 0.2) is 5.13 Å². The first-order valence-corrected chi connectivity index (χ1v) is 8.35. The van der Waals surface area contributed by atoms with Crippen molar-refractivity contribution < 1.29 is 14.3 Å². The third kappa shape index (κ3) is 1.69. The van der Waals surface area contributed by atoms with Crippen LogP contribution in [0.25, 0.3) is 10.2 Å². The summed E-state index contributed by atoms with van der Waals surface area (Å²) < 4.78 is 12.3. The molecule has 5 rings (SSSR count). The summed E-state index contributed by atoms with van der Waals surface area (Å²) in [6, 6.07) is 4.19. The Kier molecular flexibility index (Phi) is 2.63. The van der Waals surface area contributed by atoms with Gasteiger partial charge < -0.3 is 14.8 Å². The molecular weight excluding hydrogens is 302 g/mol. The molecule has 6 nitrogen and oxygen atoms in total. The van der Waals surface area contributed by atoms with Gasteiger partial charge in [-0.3, -0.25) is 4.90 Å². The molecule has 1 N–H and O–H groups in total.